The van der Waals surface area contributed by atoms with Gasteiger partial charge in [-0.25, -0.2) is 4.99 Å². The van der Waals surface area contributed by atoms with Gasteiger partial charge in [-0.05, 0) is 108 Å². The van der Waals surface area contributed by atoms with Crippen LogP contribution >= 0.6 is 0 Å². The number of hydrogen-bond acceptors (Lipinski definition) is 1. The van der Waals surface area contributed by atoms with Crippen molar-refractivity contribution in [3.63, 3.8) is 0 Å². The quantitative estimate of drug-likeness (QED) is 0.174. The highest BCUT2D eigenvalue weighted by molar-refractivity contribution is 6.27. The Morgan fingerprint density at radius 3 is 2.40 bits per heavy atom. The summed E-state index contributed by atoms with van der Waals surface area (Å²) >= 11 is 0. The van der Waals surface area contributed by atoms with E-state index in [9.17, 15) is 0 Å². The molecule has 2 nitrogen and oxygen atoms in total. The summed E-state index contributed by atoms with van der Waals surface area (Å²) in [5.74, 6) is 1.51. The Hall–Kier alpha value is -5.47. The zero-order chi connectivity index (χ0) is 34.8. The van der Waals surface area contributed by atoms with E-state index in [0.29, 0.717) is 0 Å². The molecule has 2 unspecified atom stereocenters. The lowest BCUT2D eigenvalue weighted by Crippen LogP contribution is -2.25. The molecule has 0 N–H and O–H groups in total. The fourth-order valence-electron chi connectivity index (χ4n) is 9.76. The Kier molecular flexibility index (Phi) is 7.60. The smallest absolute Gasteiger partial charge is 0.145 e. The summed E-state index contributed by atoms with van der Waals surface area (Å²) in [6, 6.07) is 38.5. The minimum atomic E-state index is 0.219. The van der Waals surface area contributed by atoms with Crippen molar-refractivity contribution in [2.45, 2.75) is 70.6 Å². The molecule has 254 valence electrons. The van der Waals surface area contributed by atoms with Gasteiger partial charge >= 0.3 is 0 Å². The van der Waals surface area contributed by atoms with Crippen LogP contribution in [0.4, 0.5) is 5.69 Å². The second-order valence-electron chi connectivity index (χ2n) is 15.2. The Morgan fingerprint density at radius 2 is 1.50 bits per heavy atom. The first kappa shape index (κ1) is 31.3. The fraction of sp³-hybridized carbons (Fsp3) is 0.220. The van der Waals surface area contributed by atoms with E-state index in [2.05, 4.69) is 152 Å². The summed E-state index contributed by atoms with van der Waals surface area (Å²) in [5.41, 5.74) is 17.7. The van der Waals surface area contributed by atoms with Crippen LogP contribution in [-0.2, 0) is 12.8 Å². The average Bonchev–Trinajstić information content (AvgIpc) is 3.32. The lowest BCUT2D eigenvalue weighted by atomic mass is 9.69. The van der Waals surface area contributed by atoms with Gasteiger partial charge in [-0.2, -0.15) is 0 Å². The highest BCUT2D eigenvalue weighted by Crippen LogP contribution is 2.54. The number of hydrogen-bond donors (Lipinski definition) is 0. The molecule has 0 amide bonds. The standard InChI is InChI=1S/C50H44N2/c1-32-30-37-19-9-10-20-38(37)31-44(32)46-33(2)49-47(42-24-8-4-7-23-41(42)46)43-25-13-14-27-45(43)52(49)50-40(34-16-5-3-6-17-34)26-15-21-36-29-28-35-18-11-12-22-39(35)48(36)51-50/h3,5-7,9,11-14,16-19,22-23,25-31,33,46H,4,8,10,15,20-21,24H2,1-2H3. The van der Waals surface area contributed by atoms with Crippen molar-refractivity contribution in [1.29, 1.82) is 0 Å². The summed E-state index contributed by atoms with van der Waals surface area (Å²) in [6.45, 7) is 4.84. The molecule has 2 heterocycles. The van der Waals surface area contributed by atoms with Gasteiger partial charge in [0.25, 0.3) is 0 Å². The van der Waals surface area contributed by atoms with Gasteiger partial charge in [0.2, 0.25) is 0 Å². The molecule has 4 aliphatic rings. The molecule has 2 heteroatoms. The van der Waals surface area contributed by atoms with E-state index in [1.165, 1.54) is 89.5 Å². The molecule has 52 heavy (non-hydrogen) atoms. The minimum Gasteiger partial charge on any atom is -0.297 e. The molecule has 5 aromatic carbocycles. The van der Waals surface area contributed by atoms with Crippen LogP contribution in [-0.4, -0.2) is 10.4 Å². The highest BCUT2D eigenvalue weighted by Gasteiger charge is 2.39. The third-order valence-corrected chi connectivity index (χ3v) is 12.2. The first-order chi connectivity index (χ1) is 25.7. The van der Waals surface area contributed by atoms with E-state index in [0.717, 1.165) is 50.0 Å². The molecule has 3 aliphatic carbocycles. The predicted octanol–water partition coefficient (Wildman–Crippen LogP) is 13.1. The van der Waals surface area contributed by atoms with Crippen molar-refractivity contribution >= 4 is 50.4 Å². The third kappa shape index (κ3) is 4.95. The number of aromatic nitrogens is 1. The van der Waals surface area contributed by atoms with Crippen molar-refractivity contribution in [2.24, 2.45) is 4.99 Å². The summed E-state index contributed by atoms with van der Waals surface area (Å²) < 4.78 is 2.60. The highest BCUT2D eigenvalue weighted by atomic mass is 15.1. The monoisotopic (exact) mass is 672 g/mol. The molecule has 0 saturated heterocycles. The van der Waals surface area contributed by atoms with Crippen LogP contribution in [0.3, 0.4) is 0 Å². The summed E-state index contributed by atoms with van der Waals surface area (Å²) in [7, 11) is 0. The Morgan fingerprint density at radius 1 is 0.712 bits per heavy atom. The van der Waals surface area contributed by atoms with Crippen molar-refractivity contribution in [2.75, 3.05) is 0 Å². The van der Waals surface area contributed by atoms with Gasteiger partial charge in [0.15, 0.2) is 0 Å². The van der Waals surface area contributed by atoms with E-state index >= 15 is 0 Å². The Balaban J connectivity index is 1.31. The van der Waals surface area contributed by atoms with Gasteiger partial charge < -0.3 is 0 Å². The lowest BCUT2D eigenvalue weighted by Gasteiger charge is -2.36. The van der Waals surface area contributed by atoms with Crippen LogP contribution in [0.15, 0.2) is 138 Å². The summed E-state index contributed by atoms with van der Waals surface area (Å²) in [5, 5.41) is 3.80. The zero-order valence-electron chi connectivity index (χ0n) is 30.2. The number of para-hydroxylation sites is 1. The average molecular weight is 673 g/mol. The molecular weight excluding hydrogens is 629 g/mol. The van der Waals surface area contributed by atoms with Crippen LogP contribution in [0.1, 0.15) is 95.5 Å². The van der Waals surface area contributed by atoms with Crippen molar-refractivity contribution < 1.29 is 0 Å². The van der Waals surface area contributed by atoms with Crippen molar-refractivity contribution in [3.05, 3.63) is 178 Å². The Bertz CT molecular complexity index is 2570. The topological polar surface area (TPSA) is 17.3 Å². The van der Waals surface area contributed by atoms with E-state index in [4.69, 9.17) is 4.99 Å². The van der Waals surface area contributed by atoms with E-state index in [1.807, 2.05) is 0 Å². The fourth-order valence-corrected chi connectivity index (χ4v) is 9.76. The van der Waals surface area contributed by atoms with Crippen LogP contribution < -0.4 is 0 Å². The van der Waals surface area contributed by atoms with E-state index in [-0.39, 0.29) is 11.8 Å². The molecule has 1 aliphatic heterocycles. The first-order valence-electron chi connectivity index (χ1n) is 19.3. The van der Waals surface area contributed by atoms with E-state index in [1.54, 1.807) is 0 Å². The molecular formula is C50H44N2. The maximum Gasteiger partial charge on any atom is 0.145 e. The number of aliphatic imine (C=N–C) groups is 1. The van der Waals surface area contributed by atoms with Gasteiger partial charge in [0, 0.05) is 39.4 Å². The molecule has 6 aromatic rings. The second-order valence-corrected chi connectivity index (χ2v) is 15.2. The third-order valence-electron chi connectivity index (χ3n) is 12.2. The molecule has 0 saturated carbocycles. The molecule has 2 atom stereocenters. The molecule has 10 rings (SSSR count). The minimum absolute atomic E-state index is 0.219. The number of aryl methyl sites for hydroxylation is 3. The normalized spacial score (nSPS) is 19.6. The number of allylic oxidation sites excluding steroid dienone is 7. The number of rotatable bonds is 2. The van der Waals surface area contributed by atoms with Crippen LogP contribution in [0.25, 0.3) is 38.9 Å². The van der Waals surface area contributed by atoms with Gasteiger partial charge in [-0.15, -0.1) is 0 Å². The first-order valence-corrected chi connectivity index (χ1v) is 19.3. The molecule has 0 spiro atoms. The number of benzene rings is 5. The second kappa shape index (κ2) is 12.6. The number of fused-ring (bicyclic) bond motifs is 8. The Labute approximate surface area is 307 Å². The largest absolute Gasteiger partial charge is 0.297 e. The van der Waals surface area contributed by atoms with Crippen molar-refractivity contribution in [1.82, 2.24) is 4.57 Å². The molecule has 0 fully saturated rings. The maximum atomic E-state index is 5.89. The van der Waals surface area contributed by atoms with Crippen LogP contribution in [0, 0.1) is 6.92 Å². The predicted molar refractivity (Wildman–Crippen MR) is 221 cm³/mol. The number of nitrogens with zero attached hydrogens (tertiary/aromatic N) is 2. The molecule has 0 radical (unpaired) electrons. The summed E-state index contributed by atoms with van der Waals surface area (Å²) in [6.07, 6.45) is 19.6. The van der Waals surface area contributed by atoms with Crippen LogP contribution in [0.5, 0.6) is 0 Å². The zero-order valence-corrected chi connectivity index (χ0v) is 30.2. The van der Waals surface area contributed by atoms with Gasteiger partial charge in [0.05, 0.1) is 11.2 Å². The SMILES string of the molecule is Cc1cc2c(cc1C1C3=C(CCCC=C3)c3c(n(C4=Nc5c(ccc6ccccc56)CCC=C4c4ccccc4)c4ccccc34)C1C)CCC=C2. The van der Waals surface area contributed by atoms with E-state index < -0.39 is 0 Å². The lowest BCUT2D eigenvalue weighted by molar-refractivity contribution is 0.618. The molecule has 0 bridgehead atoms. The van der Waals surface area contributed by atoms with Gasteiger partial charge in [0.1, 0.15) is 5.84 Å². The van der Waals surface area contributed by atoms with Gasteiger partial charge in [-0.1, -0.05) is 134 Å². The van der Waals surface area contributed by atoms with Crippen LogP contribution in [0.2, 0.25) is 0 Å². The molecule has 1 aromatic heterocycles. The van der Waals surface area contributed by atoms with Crippen molar-refractivity contribution in [3.8, 4) is 0 Å². The van der Waals surface area contributed by atoms with Gasteiger partial charge in [-0.3, -0.25) is 4.57 Å². The maximum absolute atomic E-state index is 5.89. The summed E-state index contributed by atoms with van der Waals surface area (Å²) in [4.78, 5) is 5.89.